The molecule has 3 aliphatic heterocycles. The van der Waals surface area contributed by atoms with Crippen molar-refractivity contribution >= 4 is 5.97 Å². The normalized spacial score (nSPS) is 55.1. The van der Waals surface area contributed by atoms with E-state index >= 15 is 0 Å². The average molecular weight is 687 g/mol. The van der Waals surface area contributed by atoms with Crippen LogP contribution < -0.4 is 0 Å². The standard InChI is InChI=1S/C41H66O8/c1-23(8-14-34(43)44)28-12-13-32-35-27(15-17-39(28,32)5)31-11-9-26(21-38(31,4)22-33(35)42)45-19-20-46-36-25(3)30-10-7-24(2)29-16-18-40(6)48-37(47-36)41(29,30)49-40/h23-33,35-37,42H,7-22H2,1-6H3,(H,43,44)/t23-,24-,25-,26-,27?,28-,29?,30?,31?,32?,33+,35?,36?,37?,38+,39-,40-,41-/m1/s1. The minimum atomic E-state index is -0.683. The predicted octanol–water partition coefficient (Wildman–Crippen LogP) is 7.80. The number of rotatable bonds is 9. The fraction of sp³-hybridized carbons (Fsp3) is 0.976. The van der Waals surface area contributed by atoms with E-state index in [2.05, 4.69) is 41.5 Å². The van der Waals surface area contributed by atoms with Crippen molar-refractivity contribution in [2.75, 3.05) is 13.2 Å². The molecule has 0 aromatic rings. The highest BCUT2D eigenvalue weighted by Crippen LogP contribution is 2.68. The van der Waals surface area contributed by atoms with Gasteiger partial charge in [-0.3, -0.25) is 4.79 Å². The first kappa shape index (κ1) is 35.3. The van der Waals surface area contributed by atoms with Gasteiger partial charge in [-0.15, -0.1) is 0 Å². The Labute approximate surface area is 295 Å². The monoisotopic (exact) mass is 686 g/mol. The Kier molecular flexibility index (Phi) is 9.13. The second-order valence-electron chi connectivity index (χ2n) is 19.4. The average Bonchev–Trinajstić information content (AvgIpc) is 3.50. The van der Waals surface area contributed by atoms with E-state index < -0.39 is 11.8 Å². The Morgan fingerprint density at radius 2 is 1.63 bits per heavy atom. The van der Waals surface area contributed by atoms with Crippen LogP contribution in [0, 0.1) is 70.0 Å². The SMILES string of the molecule is C[C@H]1C(OCCO[C@@H]2CCC3C4CC[C@@]5(C)C(CC[C@@H]5[C@H](C)CCC(=O)O)C4[C@@H](O)C[C@]3(C)C2)OC2O[C@@]3(C)CCC4[C@H](C)CCC1[C@@]24O3. The predicted molar refractivity (Wildman–Crippen MR) is 184 cm³/mol. The first-order valence-corrected chi connectivity index (χ1v) is 20.4. The van der Waals surface area contributed by atoms with Crippen LogP contribution in [-0.2, 0) is 28.5 Å². The third-order valence-corrected chi connectivity index (χ3v) is 16.8. The van der Waals surface area contributed by atoms with E-state index in [1.807, 2.05) is 0 Å². The zero-order valence-corrected chi connectivity index (χ0v) is 31.2. The summed E-state index contributed by atoms with van der Waals surface area (Å²) in [5.41, 5.74) is -0.0173. The maximum Gasteiger partial charge on any atom is 0.303 e. The number of hydrogen-bond donors (Lipinski definition) is 2. The molecular weight excluding hydrogens is 620 g/mol. The largest absolute Gasteiger partial charge is 0.481 e. The van der Waals surface area contributed by atoms with E-state index in [0.29, 0.717) is 66.5 Å². The zero-order valence-electron chi connectivity index (χ0n) is 31.2. The number of aliphatic hydroxyl groups excluding tert-OH is 1. The molecule has 5 aliphatic carbocycles. The van der Waals surface area contributed by atoms with Crippen LogP contribution in [0.3, 0.4) is 0 Å². The molecule has 0 amide bonds. The molecule has 8 rings (SSSR count). The van der Waals surface area contributed by atoms with Crippen LogP contribution >= 0.6 is 0 Å². The van der Waals surface area contributed by atoms with Crippen LogP contribution in [0.1, 0.15) is 131 Å². The van der Waals surface area contributed by atoms with Crippen LogP contribution in [0.5, 0.6) is 0 Å². The molecule has 8 aliphatic rings. The van der Waals surface area contributed by atoms with E-state index in [0.717, 1.165) is 44.9 Å². The maximum absolute atomic E-state index is 11.9. The van der Waals surface area contributed by atoms with E-state index in [1.165, 1.54) is 38.5 Å². The summed E-state index contributed by atoms with van der Waals surface area (Å²) in [7, 11) is 0. The molecule has 8 nitrogen and oxygen atoms in total. The van der Waals surface area contributed by atoms with Gasteiger partial charge in [0.25, 0.3) is 0 Å². The van der Waals surface area contributed by atoms with Gasteiger partial charge in [0.15, 0.2) is 18.4 Å². The Bertz CT molecular complexity index is 1240. The number of hydrogen-bond acceptors (Lipinski definition) is 7. The molecule has 0 aromatic carbocycles. The summed E-state index contributed by atoms with van der Waals surface area (Å²) in [6.45, 7) is 15.0. The lowest BCUT2D eigenvalue weighted by molar-refractivity contribution is -0.338. The van der Waals surface area contributed by atoms with Crippen molar-refractivity contribution < 1.29 is 38.7 Å². The van der Waals surface area contributed by atoms with Crippen molar-refractivity contribution in [3.8, 4) is 0 Å². The van der Waals surface area contributed by atoms with Gasteiger partial charge < -0.3 is 33.9 Å². The van der Waals surface area contributed by atoms with Gasteiger partial charge in [-0.25, -0.2) is 0 Å². The quantitative estimate of drug-likeness (QED) is 0.237. The Morgan fingerprint density at radius 3 is 2.43 bits per heavy atom. The number of ether oxygens (including phenoxy) is 5. The molecule has 3 heterocycles. The second kappa shape index (κ2) is 12.7. The summed E-state index contributed by atoms with van der Waals surface area (Å²) in [6, 6.07) is 0. The summed E-state index contributed by atoms with van der Waals surface area (Å²) in [5.74, 6) is 3.65. The molecular formula is C41H66O8. The molecule has 2 N–H and O–H groups in total. The number of aliphatic hydroxyl groups is 1. The number of fused-ring (bicyclic) bond motifs is 6. The molecule has 5 saturated carbocycles. The molecule has 0 aromatic heterocycles. The Morgan fingerprint density at radius 1 is 0.878 bits per heavy atom. The zero-order chi connectivity index (χ0) is 34.5. The van der Waals surface area contributed by atoms with Crippen LogP contribution in [0.15, 0.2) is 0 Å². The Hall–Kier alpha value is -0.770. The maximum atomic E-state index is 11.9. The summed E-state index contributed by atoms with van der Waals surface area (Å²) in [5, 5.41) is 21.2. The minimum Gasteiger partial charge on any atom is -0.481 e. The fourth-order valence-electron chi connectivity index (χ4n) is 14.7. The lowest BCUT2D eigenvalue weighted by Gasteiger charge is -2.61. The van der Waals surface area contributed by atoms with Gasteiger partial charge in [-0.05, 0) is 142 Å². The van der Waals surface area contributed by atoms with Gasteiger partial charge >= 0.3 is 5.97 Å². The van der Waals surface area contributed by atoms with E-state index in [-0.39, 0.29) is 53.6 Å². The third-order valence-electron chi connectivity index (χ3n) is 16.8. The highest BCUT2D eigenvalue weighted by molar-refractivity contribution is 5.66. The summed E-state index contributed by atoms with van der Waals surface area (Å²) < 4.78 is 33.0. The molecule has 1 spiro atoms. The lowest BCUT2D eigenvalue weighted by Crippen LogP contribution is -2.66. The van der Waals surface area contributed by atoms with Crippen LogP contribution in [0.4, 0.5) is 0 Å². The van der Waals surface area contributed by atoms with Crippen molar-refractivity contribution in [3.05, 3.63) is 0 Å². The van der Waals surface area contributed by atoms with Crippen molar-refractivity contribution in [2.24, 2.45) is 70.0 Å². The third kappa shape index (κ3) is 5.61. The van der Waals surface area contributed by atoms with E-state index in [1.54, 1.807) is 0 Å². The van der Waals surface area contributed by atoms with Gasteiger partial charge in [-0.2, -0.15) is 0 Å². The van der Waals surface area contributed by atoms with Gasteiger partial charge in [0.2, 0.25) is 0 Å². The number of carbonyl (C=O) groups is 1. The van der Waals surface area contributed by atoms with Gasteiger partial charge in [0.05, 0.1) is 25.4 Å². The van der Waals surface area contributed by atoms with Crippen molar-refractivity contribution in [1.29, 1.82) is 0 Å². The first-order chi connectivity index (χ1) is 23.3. The molecule has 278 valence electrons. The second-order valence-corrected chi connectivity index (χ2v) is 19.4. The van der Waals surface area contributed by atoms with Crippen molar-refractivity contribution in [3.63, 3.8) is 0 Å². The number of carboxylic acids is 1. The highest BCUT2D eigenvalue weighted by atomic mass is 16.9. The molecule has 18 atom stereocenters. The van der Waals surface area contributed by atoms with Crippen LogP contribution in [0.2, 0.25) is 0 Å². The van der Waals surface area contributed by atoms with E-state index in [9.17, 15) is 15.0 Å². The van der Waals surface area contributed by atoms with Gasteiger partial charge in [0.1, 0.15) is 5.60 Å². The van der Waals surface area contributed by atoms with Crippen molar-refractivity contribution in [1.82, 2.24) is 0 Å². The van der Waals surface area contributed by atoms with Gasteiger partial charge in [-0.1, -0.05) is 34.6 Å². The Balaban J connectivity index is 0.853. The minimum absolute atomic E-state index is 0.0998. The van der Waals surface area contributed by atoms with Gasteiger partial charge in [0, 0.05) is 24.7 Å². The smallest absolute Gasteiger partial charge is 0.303 e. The summed E-state index contributed by atoms with van der Waals surface area (Å²) in [6.07, 6.45) is 13.7. The van der Waals surface area contributed by atoms with E-state index in [4.69, 9.17) is 23.7 Å². The first-order valence-electron chi connectivity index (χ1n) is 20.4. The summed E-state index contributed by atoms with van der Waals surface area (Å²) in [4.78, 5) is 11.3. The molecule has 2 bridgehead atoms. The lowest BCUT2D eigenvalue weighted by atomic mass is 9.45. The number of carboxylic acid groups (broad SMARTS) is 1. The molecule has 0 radical (unpaired) electrons. The van der Waals surface area contributed by atoms with Crippen LogP contribution in [0.25, 0.3) is 0 Å². The fourth-order valence-corrected chi connectivity index (χ4v) is 14.7. The molecule has 3 saturated heterocycles. The highest BCUT2D eigenvalue weighted by Gasteiger charge is 2.71. The molecule has 8 fully saturated rings. The van der Waals surface area contributed by atoms with Crippen molar-refractivity contribution in [2.45, 2.75) is 168 Å². The van der Waals surface area contributed by atoms with Crippen LogP contribution in [-0.4, -0.2) is 65.6 Å². The number of aliphatic carboxylic acids is 1. The topological polar surface area (TPSA) is 104 Å². The molecule has 8 heteroatoms. The molecule has 49 heavy (non-hydrogen) atoms. The molecule has 8 unspecified atom stereocenters. The summed E-state index contributed by atoms with van der Waals surface area (Å²) >= 11 is 0.